The SMILES string of the molecule is Cc1nc2ccccc2n1CC(=O)NN=C1CCC(c2ccccc2)CC1. The largest absolute Gasteiger partial charge is 0.319 e. The van der Waals surface area contributed by atoms with Crippen LogP contribution in [-0.4, -0.2) is 21.2 Å². The van der Waals surface area contributed by atoms with Crippen LogP contribution in [0.15, 0.2) is 59.7 Å². The first kappa shape index (κ1) is 17.5. The zero-order chi connectivity index (χ0) is 18.6. The van der Waals surface area contributed by atoms with Gasteiger partial charge in [0.2, 0.25) is 0 Å². The summed E-state index contributed by atoms with van der Waals surface area (Å²) < 4.78 is 1.93. The fourth-order valence-electron chi connectivity index (χ4n) is 3.84. The Labute approximate surface area is 159 Å². The Balaban J connectivity index is 1.35. The van der Waals surface area contributed by atoms with Gasteiger partial charge in [-0.25, -0.2) is 10.4 Å². The molecule has 1 saturated carbocycles. The van der Waals surface area contributed by atoms with Gasteiger partial charge in [-0.15, -0.1) is 0 Å². The van der Waals surface area contributed by atoms with Crippen molar-refractivity contribution < 1.29 is 4.79 Å². The number of nitrogens with zero attached hydrogens (tertiary/aromatic N) is 3. The molecule has 5 nitrogen and oxygen atoms in total. The van der Waals surface area contributed by atoms with E-state index in [2.05, 4.69) is 45.8 Å². The third-order valence-electron chi connectivity index (χ3n) is 5.32. The Morgan fingerprint density at radius 2 is 1.81 bits per heavy atom. The monoisotopic (exact) mass is 360 g/mol. The van der Waals surface area contributed by atoms with Crippen LogP contribution in [0.1, 0.15) is 43.0 Å². The van der Waals surface area contributed by atoms with Gasteiger partial charge in [-0.2, -0.15) is 5.10 Å². The minimum Gasteiger partial charge on any atom is -0.319 e. The summed E-state index contributed by atoms with van der Waals surface area (Å²) in [4.78, 5) is 16.9. The van der Waals surface area contributed by atoms with E-state index in [1.165, 1.54) is 5.56 Å². The van der Waals surface area contributed by atoms with Crippen LogP contribution >= 0.6 is 0 Å². The summed E-state index contributed by atoms with van der Waals surface area (Å²) in [6, 6.07) is 18.5. The van der Waals surface area contributed by atoms with E-state index in [0.717, 1.165) is 48.3 Å². The maximum absolute atomic E-state index is 12.4. The minimum absolute atomic E-state index is 0.112. The smallest absolute Gasteiger partial charge is 0.260 e. The van der Waals surface area contributed by atoms with Gasteiger partial charge in [0.05, 0.1) is 11.0 Å². The van der Waals surface area contributed by atoms with Crippen LogP contribution in [0.25, 0.3) is 11.0 Å². The lowest BCUT2D eigenvalue weighted by Gasteiger charge is -2.23. The van der Waals surface area contributed by atoms with Crippen LogP contribution in [0.4, 0.5) is 0 Å². The standard InChI is InChI=1S/C22H24N4O/c1-16-23-20-9-5-6-10-21(20)26(16)15-22(27)25-24-19-13-11-18(12-14-19)17-7-3-2-4-8-17/h2-10,18H,11-15H2,1H3,(H,25,27). The molecular weight excluding hydrogens is 336 g/mol. The van der Waals surface area contributed by atoms with E-state index in [-0.39, 0.29) is 12.5 Å². The first-order valence-electron chi connectivity index (χ1n) is 9.52. The molecule has 4 rings (SSSR count). The number of rotatable bonds is 4. The van der Waals surface area contributed by atoms with Crippen LogP contribution in [-0.2, 0) is 11.3 Å². The lowest BCUT2D eigenvalue weighted by Crippen LogP contribution is -2.26. The number of nitrogens with one attached hydrogen (secondary N) is 1. The number of hydrogen-bond acceptors (Lipinski definition) is 3. The molecule has 1 aromatic heterocycles. The number of fused-ring (bicyclic) bond motifs is 1. The van der Waals surface area contributed by atoms with Crippen LogP contribution in [0.5, 0.6) is 0 Å². The molecule has 1 aliphatic rings. The van der Waals surface area contributed by atoms with Crippen LogP contribution < -0.4 is 5.43 Å². The second kappa shape index (κ2) is 7.74. The van der Waals surface area contributed by atoms with Gasteiger partial charge in [0.15, 0.2) is 0 Å². The highest BCUT2D eigenvalue weighted by Gasteiger charge is 2.19. The summed E-state index contributed by atoms with van der Waals surface area (Å²) in [5, 5.41) is 4.38. The Hall–Kier alpha value is -2.95. The van der Waals surface area contributed by atoms with Crippen molar-refractivity contribution in [2.45, 2.75) is 45.1 Å². The van der Waals surface area contributed by atoms with E-state index in [1.807, 2.05) is 35.8 Å². The van der Waals surface area contributed by atoms with Gasteiger partial charge in [-0.05, 0) is 56.2 Å². The second-order valence-corrected chi connectivity index (χ2v) is 7.13. The number of hydrazone groups is 1. The lowest BCUT2D eigenvalue weighted by atomic mass is 9.83. The number of aromatic nitrogens is 2. The predicted molar refractivity (Wildman–Crippen MR) is 108 cm³/mol. The Bertz CT molecular complexity index is 964. The number of aryl methyl sites for hydroxylation is 1. The molecule has 1 fully saturated rings. The molecule has 3 aromatic rings. The molecule has 27 heavy (non-hydrogen) atoms. The van der Waals surface area contributed by atoms with Gasteiger partial charge < -0.3 is 4.57 Å². The van der Waals surface area contributed by atoms with E-state index in [4.69, 9.17) is 0 Å². The molecule has 0 bridgehead atoms. The van der Waals surface area contributed by atoms with Gasteiger partial charge in [0, 0.05) is 5.71 Å². The highest BCUT2D eigenvalue weighted by molar-refractivity contribution is 5.87. The van der Waals surface area contributed by atoms with Crippen LogP contribution in [0.2, 0.25) is 0 Å². The molecule has 0 spiro atoms. The van der Waals surface area contributed by atoms with Crippen molar-refractivity contribution in [1.82, 2.24) is 15.0 Å². The molecule has 1 N–H and O–H groups in total. The number of carbonyl (C=O) groups excluding carboxylic acids is 1. The van der Waals surface area contributed by atoms with Gasteiger partial charge in [-0.1, -0.05) is 42.5 Å². The number of carbonyl (C=O) groups is 1. The van der Waals surface area contributed by atoms with Crippen LogP contribution in [0.3, 0.4) is 0 Å². The summed E-state index contributed by atoms with van der Waals surface area (Å²) in [5.41, 5.74) is 7.11. The summed E-state index contributed by atoms with van der Waals surface area (Å²) in [6.45, 7) is 2.15. The number of para-hydroxylation sites is 2. The molecular formula is C22H24N4O. The molecule has 1 aliphatic carbocycles. The molecule has 1 amide bonds. The normalized spacial score (nSPS) is 17.1. The van der Waals surface area contributed by atoms with E-state index >= 15 is 0 Å². The molecule has 2 aromatic carbocycles. The zero-order valence-electron chi connectivity index (χ0n) is 15.6. The first-order valence-corrected chi connectivity index (χ1v) is 9.52. The van der Waals surface area contributed by atoms with Crippen molar-refractivity contribution in [3.63, 3.8) is 0 Å². The molecule has 0 unspecified atom stereocenters. The maximum atomic E-state index is 12.4. The molecule has 0 atom stereocenters. The van der Waals surface area contributed by atoms with Crippen molar-refractivity contribution in [3.05, 3.63) is 66.0 Å². The minimum atomic E-state index is -0.112. The third-order valence-corrected chi connectivity index (χ3v) is 5.32. The van der Waals surface area contributed by atoms with E-state index in [0.29, 0.717) is 5.92 Å². The van der Waals surface area contributed by atoms with Crippen molar-refractivity contribution >= 4 is 22.7 Å². The third kappa shape index (κ3) is 3.92. The topological polar surface area (TPSA) is 59.3 Å². The average Bonchev–Trinajstić information content (AvgIpc) is 3.03. The second-order valence-electron chi connectivity index (χ2n) is 7.13. The molecule has 0 aliphatic heterocycles. The fourth-order valence-corrected chi connectivity index (χ4v) is 3.84. The number of amides is 1. The average molecular weight is 360 g/mol. The Kier molecular flexibility index (Phi) is 5.01. The fraction of sp³-hybridized carbons (Fsp3) is 0.318. The van der Waals surface area contributed by atoms with Crippen molar-refractivity contribution in [3.8, 4) is 0 Å². The van der Waals surface area contributed by atoms with Crippen LogP contribution in [0, 0.1) is 6.92 Å². The molecule has 0 radical (unpaired) electrons. The molecule has 5 heteroatoms. The number of benzene rings is 2. The summed E-state index contributed by atoms with van der Waals surface area (Å²) in [5.74, 6) is 1.32. The highest BCUT2D eigenvalue weighted by atomic mass is 16.2. The quantitative estimate of drug-likeness (QED) is 0.710. The molecule has 138 valence electrons. The maximum Gasteiger partial charge on any atom is 0.260 e. The predicted octanol–water partition coefficient (Wildman–Crippen LogP) is 4.17. The van der Waals surface area contributed by atoms with Gasteiger partial charge in [0.25, 0.3) is 5.91 Å². The van der Waals surface area contributed by atoms with E-state index in [9.17, 15) is 4.79 Å². The number of hydrogen-bond donors (Lipinski definition) is 1. The van der Waals surface area contributed by atoms with Gasteiger partial charge in [0.1, 0.15) is 12.4 Å². The van der Waals surface area contributed by atoms with Crippen molar-refractivity contribution in [2.75, 3.05) is 0 Å². The van der Waals surface area contributed by atoms with Crippen molar-refractivity contribution in [1.29, 1.82) is 0 Å². The Morgan fingerprint density at radius 3 is 2.59 bits per heavy atom. The van der Waals surface area contributed by atoms with Gasteiger partial charge in [-0.3, -0.25) is 4.79 Å². The number of imidazole rings is 1. The van der Waals surface area contributed by atoms with E-state index < -0.39 is 0 Å². The van der Waals surface area contributed by atoms with Crippen molar-refractivity contribution in [2.24, 2.45) is 5.10 Å². The van der Waals surface area contributed by atoms with Gasteiger partial charge >= 0.3 is 0 Å². The summed E-state index contributed by atoms with van der Waals surface area (Å²) >= 11 is 0. The molecule has 1 heterocycles. The summed E-state index contributed by atoms with van der Waals surface area (Å²) in [6.07, 6.45) is 4.05. The lowest BCUT2D eigenvalue weighted by molar-refractivity contribution is -0.121. The van der Waals surface area contributed by atoms with E-state index in [1.54, 1.807) is 0 Å². The molecule has 0 saturated heterocycles. The Morgan fingerprint density at radius 1 is 1.11 bits per heavy atom. The zero-order valence-corrected chi connectivity index (χ0v) is 15.6. The first-order chi connectivity index (χ1) is 13.2. The summed E-state index contributed by atoms with van der Waals surface area (Å²) in [7, 11) is 0. The highest BCUT2D eigenvalue weighted by Crippen LogP contribution is 2.31.